The average Bonchev–Trinajstić information content (AvgIpc) is 2.77. The van der Waals surface area contributed by atoms with E-state index in [1.165, 1.54) is 0 Å². The van der Waals surface area contributed by atoms with Crippen LogP contribution in [0.5, 0.6) is 5.75 Å². The van der Waals surface area contributed by atoms with Crippen molar-refractivity contribution >= 4 is 0 Å². The zero-order chi connectivity index (χ0) is 13.8. The molecule has 0 bridgehead atoms. The summed E-state index contributed by atoms with van der Waals surface area (Å²) < 4.78 is 7.68. The minimum absolute atomic E-state index is 0.446. The molecule has 4 nitrogen and oxygen atoms in total. The Morgan fingerprint density at radius 3 is 2.58 bits per heavy atom. The summed E-state index contributed by atoms with van der Waals surface area (Å²) in [5.74, 6) is 0.797. The minimum atomic E-state index is -0.446. The minimum Gasteiger partial charge on any atom is -0.487 e. The van der Waals surface area contributed by atoms with Crippen molar-refractivity contribution in [2.75, 3.05) is 0 Å². The zero-order valence-electron chi connectivity index (χ0n) is 11.6. The van der Waals surface area contributed by atoms with E-state index in [2.05, 4.69) is 12.0 Å². The molecule has 2 rings (SSSR count). The van der Waals surface area contributed by atoms with Crippen LogP contribution in [0.3, 0.4) is 0 Å². The molecule has 102 valence electrons. The molecule has 1 aromatic heterocycles. The lowest BCUT2D eigenvalue weighted by Gasteiger charge is -2.09. The van der Waals surface area contributed by atoms with E-state index in [1.807, 2.05) is 41.9 Å². The summed E-state index contributed by atoms with van der Waals surface area (Å²) in [4.78, 5) is 0. The van der Waals surface area contributed by atoms with Crippen molar-refractivity contribution in [3.05, 3.63) is 47.3 Å². The Morgan fingerprint density at radius 1 is 1.32 bits per heavy atom. The van der Waals surface area contributed by atoms with E-state index in [0.717, 1.165) is 29.2 Å². The van der Waals surface area contributed by atoms with E-state index in [9.17, 15) is 5.11 Å². The van der Waals surface area contributed by atoms with Crippen LogP contribution in [0.2, 0.25) is 0 Å². The number of nitrogens with zero attached hydrogens (tertiary/aromatic N) is 2. The van der Waals surface area contributed by atoms with Crippen LogP contribution in [-0.2, 0) is 13.2 Å². The molecule has 0 radical (unpaired) electrons. The van der Waals surface area contributed by atoms with Gasteiger partial charge in [0.25, 0.3) is 0 Å². The van der Waals surface area contributed by atoms with E-state index < -0.39 is 6.10 Å². The molecule has 1 N–H and O–H groups in total. The van der Waals surface area contributed by atoms with Gasteiger partial charge in [-0.3, -0.25) is 4.68 Å². The van der Waals surface area contributed by atoms with E-state index >= 15 is 0 Å². The Labute approximate surface area is 113 Å². The van der Waals surface area contributed by atoms with Crippen LogP contribution in [0, 0.1) is 6.92 Å². The molecule has 0 unspecified atom stereocenters. The molecule has 1 atom stereocenters. The first-order chi connectivity index (χ1) is 9.10. The molecule has 0 aliphatic rings. The standard InChI is InChI=1S/C15H20N2O2/c1-4-17-14(9-11(2)16-17)10-19-15-7-5-13(6-8-15)12(3)18/h5-9,12,18H,4,10H2,1-3H3/t12-/m0/s1. The Morgan fingerprint density at radius 2 is 2.00 bits per heavy atom. The van der Waals surface area contributed by atoms with Gasteiger partial charge in [-0.2, -0.15) is 5.10 Å². The summed E-state index contributed by atoms with van der Waals surface area (Å²) in [6, 6.07) is 9.54. The number of aryl methyl sites for hydroxylation is 2. The van der Waals surface area contributed by atoms with E-state index in [1.54, 1.807) is 6.92 Å². The molecule has 2 aromatic rings. The fourth-order valence-electron chi connectivity index (χ4n) is 1.99. The third-order valence-electron chi connectivity index (χ3n) is 3.03. The van der Waals surface area contributed by atoms with Crippen LogP contribution in [0.4, 0.5) is 0 Å². The normalized spacial score (nSPS) is 12.4. The molecule has 0 aliphatic heterocycles. The highest BCUT2D eigenvalue weighted by atomic mass is 16.5. The fourth-order valence-corrected chi connectivity index (χ4v) is 1.99. The monoisotopic (exact) mass is 260 g/mol. The van der Waals surface area contributed by atoms with Gasteiger partial charge in [0, 0.05) is 6.54 Å². The van der Waals surface area contributed by atoms with E-state index in [-0.39, 0.29) is 0 Å². The summed E-state index contributed by atoms with van der Waals surface area (Å²) in [7, 11) is 0. The van der Waals surface area contributed by atoms with Gasteiger partial charge in [0.05, 0.1) is 17.5 Å². The largest absolute Gasteiger partial charge is 0.487 e. The quantitative estimate of drug-likeness (QED) is 0.899. The van der Waals surface area contributed by atoms with Crippen molar-refractivity contribution in [2.45, 2.75) is 40.0 Å². The molecule has 1 heterocycles. The first-order valence-corrected chi connectivity index (χ1v) is 6.54. The molecule has 4 heteroatoms. The molecule has 0 saturated carbocycles. The van der Waals surface area contributed by atoms with Gasteiger partial charge in [-0.05, 0) is 44.5 Å². The number of hydrogen-bond acceptors (Lipinski definition) is 3. The van der Waals surface area contributed by atoms with Crippen molar-refractivity contribution in [1.29, 1.82) is 0 Å². The van der Waals surface area contributed by atoms with Crippen molar-refractivity contribution in [2.24, 2.45) is 0 Å². The molecular weight excluding hydrogens is 240 g/mol. The Balaban J connectivity index is 2.01. The highest BCUT2D eigenvalue weighted by Crippen LogP contribution is 2.18. The van der Waals surface area contributed by atoms with Gasteiger partial charge >= 0.3 is 0 Å². The number of aliphatic hydroxyl groups is 1. The third-order valence-corrected chi connectivity index (χ3v) is 3.03. The van der Waals surface area contributed by atoms with Gasteiger partial charge in [0.15, 0.2) is 0 Å². The lowest BCUT2D eigenvalue weighted by atomic mass is 10.1. The maximum Gasteiger partial charge on any atom is 0.130 e. The first-order valence-electron chi connectivity index (χ1n) is 6.54. The molecule has 0 aliphatic carbocycles. The van der Waals surface area contributed by atoms with Gasteiger partial charge in [0.2, 0.25) is 0 Å². The molecule has 0 saturated heterocycles. The number of aliphatic hydroxyl groups excluding tert-OH is 1. The van der Waals surface area contributed by atoms with E-state index in [4.69, 9.17) is 4.74 Å². The number of hydrogen-bond donors (Lipinski definition) is 1. The second kappa shape index (κ2) is 5.89. The Kier molecular flexibility index (Phi) is 4.22. The van der Waals surface area contributed by atoms with E-state index in [0.29, 0.717) is 6.61 Å². The maximum atomic E-state index is 9.44. The molecule has 1 aromatic carbocycles. The molecule has 0 amide bonds. The van der Waals surface area contributed by atoms with Crippen molar-refractivity contribution < 1.29 is 9.84 Å². The van der Waals surface area contributed by atoms with Crippen LogP contribution in [0.15, 0.2) is 30.3 Å². The topological polar surface area (TPSA) is 47.3 Å². The Hall–Kier alpha value is -1.81. The molecule has 0 fully saturated rings. The first kappa shape index (κ1) is 13.6. The van der Waals surface area contributed by atoms with Gasteiger partial charge < -0.3 is 9.84 Å². The van der Waals surface area contributed by atoms with Crippen molar-refractivity contribution in [3.8, 4) is 5.75 Å². The zero-order valence-corrected chi connectivity index (χ0v) is 11.6. The van der Waals surface area contributed by atoms with Crippen LogP contribution in [0.1, 0.15) is 36.9 Å². The lowest BCUT2D eigenvalue weighted by molar-refractivity contribution is 0.199. The van der Waals surface area contributed by atoms with Crippen molar-refractivity contribution in [3.63, 3.8) is 0 Å². The maximum absolute atomic E-state index is 9.44. The second-order valence-electron chi connectivity index (χ2n) is 4.63. The highest BCUT2D eigenvalue weighted by Gasteiger charge is 2.05. The number of aromatic nitrogens is 2. The summed E-state index contributed by atoms with van der Waals surface area (Å²) in [5.41, 5.74) is 2.96. The molecular formula is C15H20N2O2. The lowest BCUT2D eigenvalue weighted by Crippen LogP contribution is -2.06. The Bertz CT molecular complexity index is 530. The van der Waals surface area contributed by atoms with Gasteiger partial charge in [-0.15, -0.1) is 0 Å². The number of rotatable bonds is 5. The average molecular weight is 260 g/mol. The number of benzene rings is 1. The summed E-state index contributed by atoms with van der Waals surface area (Å²) >= 11 is 0. The smallest absolute Gasteiger partial charge is 0.130 e. The second-order valence-corrected chi connectivity index (χ2v) is 4.63. The van der Waals surface area contributed by atoms with Crippen LogP contribution in [-0.4, -0.2) is 14.9 Å². The third kappa shape index (κ3) is 3.35. The predicted octanol–water partition coefficient (Wildman–Crippen LogP) is 2.84. The summed E-state index contributed by atoms with van der Waals surface area (Å²) in [5, 5.41) is 13.8. The fraction of sp³-hybridized carbons (Fsp3) is 0.400. The number of ether oxygens (including phenoxy) is 1. The predicted molar refractivity (Wildman–Crippen MR) is 74.0 cm³/mol. The van der Waals surface area contributed by atoms with Crippen LogP contribution in [0.25, 0.3) is 0 Å². The summed E-state index contributed by atoms with van der Waals surface area (Å²) in [6.07, 6.45) is -0.446. The highest BCUT2D eigenvalue weighted by molar-refractivity contribution is 5.28. The van der Waals surface area contributed by atoms with Gasteiger partial charge in [0.1, 0.15) is 12.4 Å². The van der Waals surface area contributed by atoms with Crippen LogP contribution < -0.4 is 4.74 Å². The summed E-state index contributed by atoms with van der Waals surface area (Å²) in [6.45, 7) is 7.13. The SMILES string of the molecule is CCn1nc(C)cc1COc1ccc([C@H](C)O)cc1. The van der Waals surface area contributed by atoms with Gasteiger partial charge in [-0.1, -0.05) is 12.1 Å². The van der Waals surface area contributed by atoms with Gasteiger partial charge in [-0.25, -0.2) is 0 Å². The molecule has 0 spiro atoms. The molecule has 19 heavy (non-hydrogen) atoms. The van der Waals surface area contributed by atoms with Crippen molar-refractivity contribution in [1.82, 2.24) is 9.78 Å². The van der Waals surface area contributed by atoms with Crippen LogP contribution >= 0.6 is 0 Å².